The lowest BCUT2D eigenvalue weighted by molar-refractivity contribution is 0.630. The molecule has 0 atom stereocenters. The molecule has 7 nitrogen and oxygen atoms in total. The summed E-state index contributed by atoms with van der Waals surface area (Å²) in [6.07, 6.45) is 1.85. The number of thiophene rings is 1. The van der Waals surface area contributed by atoms with Crippen LogP contribution in [0.4, 0.5) is 11.4 Å². The summed E-state index contributed by atoms with van der Waals surface area (Å²) in [5.41, 5.74) is 6.16. The predicted octanol–water partition coefficient (Wildman–Crippen LogP) is 7.22. The first-order valence-electron chi connectivity index (χ1n) is 14.1. The van der Waals surface area contributed by atoms with Gasteiger partial charge in [-0.1, -0.05) is 66.7 Å². The van der Waals surface area contributed by atoms with Gasteiger partial charge in [0, 0.05) is 31.2 Å². The summed E-state index contributed by atoms with van der Waals surface area (Å²) in [6.45, 7) is 5.86. The van der Waals surface area contributed by atoms with E-state index in [0.717, 1.165) is 46.3 Å². The molecule has 6 rings (SSSR count). The molecule has 43 heavy (non-hydrogen) atoms. The third kappa shape index (κ3) is 5.95. The second-order valence-electron chi connectivity index (χ2n) is 10.1. The molecular formula is C34H32N6OS2. The molecule has 0 aliphatic carbocycles. The highest BCUT2D eigenvalue weighted by Crippen LogP contribution is 2.26. The largest absolute Gasteiger partial charge is 0.367 e. The molecule has 0 radical (unpaired) electrons. The molecule has 3 aromatic carbocycles. The number of nitrogens with zero attached hydrogens (tertiary/aromatic N) is 6. The average molecular weight is 605 g/mol. The van der Waals surface area contributed by atoms with E-state index in [2.05, 4.69) is 66.4 Å². The Hall–Kier alpha value is -4.73. The van der Waals surface area contributed by atoms with Crippen LogP contribution < -0.4 is 15.3 Å². The van der Waals surface area contributed by atoms with Gasteiger partial charge in [0.1, 0.15) is 0 Å². The lowest BCUT2D eigenvalue weighted by Crippen LogP contribution is -2.21. The maximum absolute atomic E-state index is 13.6. The minimum atomic E-state index is -0.167. The highest BCUT2D eigenvalue weighted by atomic mass is 32.1. The molecule has 0 saturated heterocycles. The molecule has 0 unspecified atom stereocenters. The molecule has 6 aromatic rings. The lowest BCUT2D eigenvalue weighted by atomic mass is 10.1. The van der Waals surface area contributed by atoms with Gasteiger partial charge >= 0.3 is 0 Å². The monoisotopic (exact) mass is 604 g/mol. The normalized spacial score (nSPS) is 11.9. The smallest absolute Gasteiger partial charge is 0.297 e. The molecule has 0 aliphatic rings. The van der Waals surface area contributed by atoms with Gasteiger partial charge in [0.2, 0.25) is 4.80 Å². The minimum absolute atomic E-state index is 0.167. The Balaban J connectivity index is 1.35. The molecule has 0 aliphatic heterocycles. The van der Waals surface area contributed by atoms with Crippen LogP contribution in [-0.2, 0) is 13.6 Å². The van der Waals surface area contributed by atoms with E-state index in [-0.39, 0.29) is 5.56 Å². The Morgan fingerprint density at radius 3 is 2.28 bits per heavy atom. The van der Waals surface area contributed by atoms with E-state index in [4.69, 9.17) is 10.1 Å². The Bertz CT molecular complexity index is 1960. The van der Waals surface area contributed by atoms with Gasteiger partial charge < -0.3 is 4.90 Å². The van der Waals surface area contributed by atoms with Crippen molar-refractivity contribution in [2.45, 2.75) is 20.4 Å². The molecule has 216 valence electrons. The maximum Gasteiger partial charge on any atom is 0.297 e. The standard InChI is InChI=1S/C34H32N6OS2/c1-4-38(23-27-12-7-5-8-13-27)28-19-17-26(18-20-28)22-35-39-30(31-16-11-21-42-31)24-43-34(39)36-32-25(2)37(3)40(33(32)41)29-14-9-6-10-15-29/h5-22,24H,4,23H2,1-3H3/b35-22-,36-34?. The van der Waals surface area contributed by atoms with Gasteiger partial charge in [0.25, 0.3) is 5.56 Å². The fourth-order valence-corrected chi connectivity index (χ4v) is 6.58. The first-order chi connectivity index (χ1) is 21.0. The molecule has 3 heterocycles. The topological polar surface area (TPSA) is 59.8 Å². The zero-order chi connectivity index (χ0) is 29.8. The van der Waals surface area contributed by atoms with E-state index in [1.54, 1.807) is 16.0 Å². The Labute approximate surface area is 258 Å². The van der Waals surface area contributed by atoms with Gasteiger partial charge in [0.05, 0.1) is 28.2 Å². The number of thiazole rings is 1. The highest BCUT2D eigenvalue weighted by Gasteiger charge is 2.17. The van der Waals surface area contributed by atoms with Gasteiger partial charge in [-0.25, -0.2) is 14.4 Å². The number of rotatable bonds is 9. The second-order valence-corrected chi connectivity index (χ2v) is 11.8. The maximum atomic E-state index is 13.6. The SMILES string of the molecule is CCN(Cc1ccccc1)c1ccc(/C=N\n2c(-c3cccs3)csc2=Nc2c(C)n(C)n(-c3ccccc3)c2=O)cc1. The van der Waals surface area contributed by atoms with Crippen LogP contribution in [0.25, 0.3) is 16.3 Å². The zero-order valence-corrected chi connectivity index (χ0v) is 25.9. The van der Waals surface area contributed by atoms with Crippen molar-refractivity contribution in [2.75, 3.05) is 11.4 Å². The van der Waals surface area contributed by atoms with Crippen molar-refractivity contribution in [1.29, 1.82) is 0 Å². The molecule has 9 heteroatoms. The summed E-state index contributed by atoms with van der Waals surface area (Å²) in [4.78, 5) is 22.5. The Morgan fingerprint density at radius 2 is 1.60 bits per heavy atom. The van der Waals surface area contributed by atoms with Crippen molar-refractivity contribution in [3.63, 3.8) is 0 Å². The molecule has 0 amide bonds. The summed E-state index contributed by atoms with van der Waals surface area (Å²) in [5.74, 6) is 0. The van der Waals surface area contributed by atoms with Crippen molar-refractivity contribution >= 4 is 40.3 Å². The molecule has 0 fully saturated rings. The summed E-state index contributed by atoms with van der Waals surface area (Å²) < 4.78 is 5.32. The fraction of sp³-hybridized carbons (Fsp3) is 0.147. The quantitative estimate of drug-likeness (QED) is 0.164. The number of hydrogen-bond donors (Lipinski definition) is 0. The molecule has 0 saturated carbocycles. The van der Waals surface area contributed by atoms with Crippen molar-refractivity contribution in [3.05, 3.63) is 140 Å². The highest BCUT2D eigenvalue weighted by molar-refractivity contribution is 7.14. The fourth-order valence-electron chi connectivity index (χ4n) is 4.95. The molecule has 0 N–H and O–H groups in total. The minimum Gasteiger partial charge on any atom is -0.367 e. The van der Waals surface area contributed by atoms with Crippen LogP contribution in [0.3, 0.4) is 0 Å². The van der Waals surface area contributed by atoms with Gasteiger partial charge in [-0.05, 0) is 60.7 Å². The van der Waals surface area contributed by atoms with Crippen molar-refractivity contribution in [2.24, 2.45) is 17.1 Å². The zero-order valence-electron chi connectivity index (χ0n) is 24.3. The Kier molecular flexibility index (Phi) is 8.35. The average Bonchev–Trinajstić information content (AvgIpc) is 3.76. The summed E-state index contributed by atoms with van der Waals surface area (Å²) >= 11 is 3.11. The van der Waals surface area contributed by atoms with Gasteiger partial charge in [-0.2, -0.15) is 5.10 Å². The van der Waals surface area contributed by atoms with Gasteiger partial charge in [-0.15, -0.1) is 22.7 Å². The summed E-state index contributed by atoms with van der Waals surface area (Å²) in [7, 11) is 1.88. The van der Waals surface area contributed by atoms with Crippen LogP contribution in [0.2, 0.25) is 0 Å². The summed E-state index contributed by atoms with van der Waals surface area (Å²) in [5, 5.41) is 8.97. The van der Waals surface area contributed by atoms with Crippen LogP contribution in [0, 0.1) is 6.92 Å². The number of para-hydroxylation sites is 1. The van der Waals surface area contributed by atoms with Gasteiger partial charge in [-0.3, -0.25) is 9.48 Å². The van der Waals surface area contributed by atoms with Gasteiger partial charge in [0.15, 0.2) is 5.69 Å². The van der Waals surface area contributed by atoms with E-state index in [9.17, 15) is 4.79 Å². The number of aromatic nitrogens is 3. The van der Waals surface area contributed by atoms with Crippen LogP contribution in [-0.4, -0.2) is 26.8 Å². The van der Waals surface area contributed by atoms with E-state index in [1.165, 1.54) is 16.9 Å². The van der Waals surface area contributed by atoms with E-state index >= 15 is 0 Å². The van der Waals surface area contributed by atoms with E-state index < -0.39 is 0 Å². The van der Waals surface area contributed by atoms with E-state index in [1.807, 2.05) is 82.8 Å². The third-order valence-corrected chi connectivity index (χ3v) is 9.08. The third-order valence-electron chi connectivity index (χ3n) is 7.37. The molecule has 0 bridgehead atoms. The molecular weight excluding hydrogens is 573 g/mol. The first kappa shape index (κ1) is 28.4. The van der Waals surface area contributed by atoms with Crippen LogP contribution in [0.15, 0.2) is 123 Å². The second kappa shape index (κ2) is 12.6. The summed E-state index contributed by atoms with van der Waals surface area (Å²) in [6, 6.07) is 32.7. The van der Waals surface area contributed by atoms with Crippen molar-refractivity contribution < 1.29 is 0 Å². The van der Waals surface area contributed by atoms with Crippen LogP contribution in [0.5, 0.6) is 0 Å². The predicted molar refractivity (Wildman–Crippen MR) is 179 cm³/mol. The molecule has 0 spiro atoms. The van der Waals surface area contributed by atoms with Crippen LogP contribution in [0.1, 0.15) is 23.7 Å². The van der Waals surface area contributed by atoms with E-state index in [0.29, 0.717) is 10.5 Å². The number of benzene rings is 3. The molecule has 3 aromatic heterocycles. The van der Waals surface area contributed by atoms with Crippen molar-refractivity contribution in [3.8, 4) is 16.3 Å². The number of hydrogen-bond acceptors (Lipinski definition) is 6. The Morgan fingerprint density at radius 1 is 0.884 bits per heavy atom. The lowest BCUT2D eigenvalue weighted by Gasteiger charge is -2.23. The van der Waals surface area contributed by atoms with Crippen LogP contribution >= 0.6 is 22.7 Å². The first-order valence-corrected chi connectivity index (χ1v) is 15.9. The van der Waals surface area contributed by atoms with Crippen molar-refractivity contribution in [1.82, 2.24) is 14.0 Å². The number of anilines is 1.